The van der Waals surface area contributed by atoms with Crippen molar-refractivity contribution < 1.29 is 4.79 Å². The summed E-state index contributed by atoms with van der Waals surface area (Å²) in [6.07, 6.45) is 2.70. The molecule has 0 aromatic rings. The number of fused-ring (bicyclic) bond motifs is 1. The maximum Gasteiger partial charge on any atom is 0.127 e. The van der Waals surface area contributed by atoms with Crippen LogP contribution in [-0.2, 0) is 4.79 Å². The van der Waals surface area contributed by atoms with Crippen molar-refractivity contribution in [1.29, 1.82) is 0 Å². The van der Waals surface area contributed by atoms with Gasteiger partial charge >= 0.3 is 0 Å². The largest absolute Gasteiger partial charge is 0.336 e. The highest BCUT2D eigenvalue weighted by molar-refractivity contribution is 6.61. The summed E-state index contributed by atoms with van der Waals surface area (Å²) in [6.45, 7) is 0.708. The standard InChI is InChI=1S/C9H12B4NO/c10-9(11,12)14-4-3-5-1-2-6(15)8-7(5)13-8/h5,7-8,14H,1-4H2. The van der Waals surface area contributed by atoms with Gasteiger partial charge in [0.25, 0.3) is 0 Å². The molecule has 0 spiro atoms. The quantitative estimate of drug-likeness (QED) is 0.602. The fraction of sp³-hybridized carbons (Fsp3) is 0.889. The molecule has 6 heteroatoms. The first kappa shape index (κ1) is 11.4. The molecule has 1 N–H and O–H groups in total. The fourth-order valence-electron chi connectivity index (χ4n) is 2.45. The van der Waals surface area contributed by atoms with Crippen LogP contribution in [0.5, 0.6) is 0 Å². The van der Waals surface area contributed by atoms with Gasteiger partial charge in [0.05, 0.1) is 23.5 Å². The Morgan fingerprint density at radius 3 is 2.87 bits per heavy atom. The molecule has 1 heterocycles. The maximum absolute atomic E-state index is 11.3. The lowest BCUT2D eigenvalue weighted by molar-refractivity contribution is -0.119. The highest BCUT2D eigenvalue weighted by Gasteiger charge is 2.50. The first-order valence-corrected chi connectivity index (χ1v) is 5.47. The second-order valence-electron chi connectivity index (χ2n) is 4.71. The number of hydrogen-bond donors (Lipinski definition) is 1. The van der Waals surface area contributed by atoms with E-state index in [0.717, 1.165) is 19.3 Å². The molecule has 0 amide bonds. The smallest absolute Gasteiger partial charge is 0.127 e. The summed E-state index contributed by atoms with van der Waals surface area (Å²) < 4.78 is 0. The summed E-state index contributed by atoms with van der Waals surface area (Å²) in [6, 6.07) is 0. The van der Waals surface area contributed by atoms with Crippen molar-refractivity contribution in [3.05, 3.63) is 0 Å². The summed E-state index contributed by atoms with van der Waals surface area (Å²) >= 11 is 0. The normalized spacial score (nSPS) is 34.4. The molecule has 2 fully saturated rings. The van der Waals surface area contributed by atoms with Gasteiger partial charge in [-0.25, -0.2) is 0 Å². The molecule has 1 aliphatic heterocycles. The minimum atomic E-state index is -1.28. The van der Waals surface area contributed by atoms with Crippen molar-refractivity contribution in [2.24, 2.45) is 5.92 Å². The van der Waals surface area contributed by atoms with Crippen molar-refractivity contribution in [1.82, 2.24) is 5.32 Å². The molecule has 1 aliphatic carbocycles. The van der Waals surface area contributed by atoms with E-state index in [1.807, 2.05) is 0 Å². The molecule has 0 bridgehead atoms. The second kappa shape index (κ2) is 4.04. The number of carbonyl (C=O) groups excluding carboxylic acids is 1. The minimum Gasteiger partial charge on any atom is -0.336 e. The number of Topliss-reactive ketones (excluding diaryl/α,β-unsaturated/α-hetero) is 1. The molecule has 2 nitrogen and oxygen atoms in total. The van der Waals surface area contributed by atoms with Crippen molar-refractivity contribution in [2.75, 3.05) is 6.54 Å². The Balaban J connectivity index is 1.71. The van der Waals surface area contributed by atoms with Gasteiger partial charge in [-0.1, -0.05) is 11.1 Å². The summed E-state index contributed by atoms with van der Waals surface area (Å²) in [4.78, 5) is 11.3. The van der Waals surface area contributed by atoms with Crippen LogP contribution in [0.4, 0.5) is 0 Å². The Kier molecular flexibility index (Phi) is 3.07. The monoisotopic (exact) mass is 194 g/mol. The highest BCUT2D eigenvalue weighted by atomic mass is 16.1. The van der Waals surface area contributed by atoms with E-state index in [1.165, 1.54) is 0 Å². The molecule has 2 aliphatic rings. The van der Waals surface area contributed by atoms with Crippen LogP contribution in [0.3, 0.4) is 0 Å². The van der Waals surface area contributed by atoms with Gasteiger partial charge in [-0.15, -0.1) is 0 Å². The average molecular weight is 193 g/mol. The Bertz CT molecular complexity index is 265. The molecule has 1 saturated heterocycles. The van der Waals surface area contributed by atoms with Crippen molar-refractivity contribution in [3.63, 3.8) is 0 Å². The van der Waals surface area contributed by atoms with Gasteiger partial charge in [0.1, 0.15) is 13.1 Å². The zero-order valence-electron chi connectivity index (χ0n) is 8.78. The molecule has 2 rings (SSSR count). The lowest BCUT2D eigenvalue weighted by Crippen LogP contribution is -2.47. The zero-order valence-corrected chi connectivity index (χ0v) is 8.78. The van der Waals surface area contributed by atoms with Crippen LogP contribution >= 0.6 is 0 Å². The number of ketones is 1. The van der Waals surface area contributed by atoms with E-state index >= 15 is 0 Å². The van der Waals surface area contributed by atoms with E-state index < -0.39 is 5.24 Å². The van der Waals surface area contributed by atoms with Crippen LogP contribution in [-0.4, -0.2) is 48.4 Å². The van der Waals surface area contributed by atoms with E-state index in [-0.39, 0.29) is 5.82 Å². The lowest BCUT2D eigenvalue weighted by Gasteiger charge is -2.26. The van der Waals surface area contributed by atoms with E-state index in [2.05, 4.69) is 12.6 Å². The van der Waals surface area contributed by atoms with Gasteiger partial charge in [-0.3, -0.25) is 0 Å². The van der Waals surface area contributed by atoms with Gasteiger partial charge in [0, 0.05) is 6.42 Å². The van der Waals surface area contributed by atoms with E-state index in [0.29, 0.717) is 24.1 Å². The van der Waals surface area contributed by atoms with Crippen molar-refractivity contribution in [2.45, 2.75) is 36.1 Å². The molecule has 15 heavy (non-hydrogen) atoms. The third-order valence-electron chi connectivity index (χ3n) is 3.33. The maximum atomic E-state index is 11.3. The first-order chi connectivity index (χ1) is 6.97. The van der Waals surface area contributed by atoms with Gasteiger partial charge in [-0.2, -0.15) is 0 Å². The molecular formula is C9H12B4NO. The van der Waals surface area contributed by atoms with E-state index in [4.69, 9.17) is 23.5 Å². The van der Waals surface area contributed by atoms with Crippen molar-refractivity contribution in [3.8, 4) is 0 Å². The topological polar surface area (TPSA) is 29.1 Å². The number of nitrogens with one attached hydrogen (secondary N) is 1. The molecule has 3 atom stereocenters. The summed E-state index contributed by atoms with van der Waals surface area (Å²) in [5.41, 5.74) is 0. The third kappa shape index (κ3) is 2.93. The second-order valence-corrected chi connectivity index (χ2v) is 4.71. The lowest BCUT2D eigenvalue weighted by atomic mass is 9.49. The Hall–Kier alpha value is -0.110. The van der Waals surface area contributed by atoms with Crippen LogP contribution in [0, 0.1) is 5.92 Å². The SMILES string of the molecule is [B]C([B])([B])NCCC1CCC(=O)C2[B]C12. The van der Waals surface area contributed by atoms with Gasteiger partial charge in [0.15, 0.2) is 0 Å². The van der Waals surface area contributed by atoms with Crippen LogP contribution in [0.25, 0.3) is 0 Å². The molecule has 3 unspecified atom stereocenters. The number of carbonyl (C=O) groups is 1. The molecule has 0 aromatic carbocycles. The minimum absolute atomic E-state index is 0.252. The predicted molar refractivity (Wildman–Crippen MR) is 63.6 cm³/mol. The third-order valence-corrected chi connectivity index (χ3v) is 3.33. The highest BCUT2D eigenvalue weighted by Crippen LogP contribution is 2.54. The molecule has 7 radical (unpaired) electrons. The first-order valence-electron chi connectivity index (χ1n) is 5.47. The molecule has 0 aromatic heterocycles. The molecular weight excluding hydrogens is 181 g/mol. The number of hydrogen-bond acceptors (Lipinski definition) is 2. The van der Waals surface area contributed by atoms with Gasteiger partial charge in [-0.05, 0) is 31.1 Å². The van der Waals surface area contributed by atoms with Gasteiger partial charge in [0.2, 0.25) is 0 Å². The van der Waals surface area contributed by atoms with Gasteiger partial charge < -0.3 is 10.1 Å². The Morgan fingerprint density at radius 1 is 1.47 bits per heavy atom. The molecule has 1 saturated carbocycles. The van der Waals surface area contributed by atoms with E-state index in [1.54, 1.807) is 0 Å². The fourth-order valence-corrected chi connectivity index (χ4v) is 2.45. The summed E-state index contributed by atoms with van der Waals surface area (Å²) in [5.74, 6) is 1.77. The Morgan fingerprint density at radius 2 is 2.20 bits per heavy atom. The molecule has 71 valence electrons. The average Bonchev–Trinajstić information content (AvgIpc) is 2.87. The van der Waals surface area contributed by atoms with Crippen molar-refractivity contribution >= 4 is 36.6 Å². The Labute approximate surface area is 95.8 Å². The van der Waals surface area contributed by atoms with Crippen LogP contribution < -0.4 is 5.32 Å². The summed E-state index contributed by atoms with van der Waals surface area (Å²) in [7, 11) is 18.4. The van der Waals surface area contributed by atoms with Crippen LogP contribution in [0.1, 0.15) is 19.3 Å². The van der Waals surface area contributed by atoms with E-state index in [9.17, 15) is 4.79 Å². The number of rotatable bonds is 4. The predicted octanol–water partition coefficient (Wildman–Crippen LogP) is -0.643. The van der Waals surface area contributed by atoms with Crippen LogP contribution in [0.2, 0.25) is 11.6 Å². The summed E-state index contributed by atoms with van der Waals surface area (Å²) in [5, 5.41) is 1.57. The van der Waals surface area contributed by atoms with Crippen LogP contribution in [0.15, 0.2) is 0 Å². The zero-order chi connectivity index (χ0) is 11.1.